The number of aromatic nitrogens is 2. The molecule has 1 heterocycles. The number of nitrogens with zero attached hydrogens (tertiary/aromatic N) is 2. The minimum absolute atomic E-state index is 0.0441. The van der Waals surface area contributed by atoms with Crippen LogP contribution in [-0.2, 0) is 22.7 Å². The number of ether oxygens (including phenoxy) is 1. The van der Waals surface area contributed by atoms with Crippen molar-refractivity contribution in [3.05, 3.63) is 58.8 Å². The van der Waals surface area contributed by atoms with Crippen LogP contribution >= 0.6 is 0 Å². The smallest absolute Gasteiger partial charge is 0.412 e. The van der Waals surface area contributed by atoms with Gasteiger partial charge in [-0.15, -0.1) is 0 Å². The molecular formula is C14H13N3O4. The molecule has 1 amide bonds. The largest absolute Gasteiger partial charge is 0.444 e. The summed E-state index contributed by atoms with van der Waals surface area (Å²) in [5, 5.41) is 2.31. The highest BCUT2D eigenvalue weighted by atomic mass is 16.5. The van der Waals surface area contributed by atoms with Crippen molar-refractivity contribution in [1.29, 1.82) is 0 Å². The Bertz CT molecular complexity index is 682. The molecule has 0 fully saturated rings. The zero-order chi connectivity index (χ0) is 15.1. The van der Waals surface area contributed by atoms with E-state index in [0.717, 1.165) is 10.1 Å². The Labute approximate surface area is 120 Å². The average molecular weight is 287 g/mol. The lowest BCUT2D eigenvalue weighted by Crippen LogP contribution is -2.26. The first kappa shape index (κ1) is 14.4. The van der Waals surface area contributed by atoms with Gasteiger partial charge in [0.15, 0.2) is 0 Å². The molecule has 1 aromatic carbocycles. The Balaban J connectivity index is 1.98. The van der Waals surface area contributed by atoms with Gasteiger partial charge in [0.25, 0.3) is 5.56 Å². The Hall–Kier alpha value is -2.96. The van der Waals surface area contributed by atoms with Gasteiger partial charge in [0, 0.05) is 0 Å². The summed E-state index contributed by atoms with van der Waals surface area (Å²) in [6.07, 6.45) is 2.23. The molecule has 7 nitrogen and oxygen atoms in total. The van der Waals surface area contributed by atoms with Crippen LogP contribution in [0.2, 0.25) is 0 Å². The maximum atomic E-state index is 11.9. The number of rotatable bonds is 5. The summed E-state index contributed by atoms with van der Waals surface area (Å²) in [5.74, 6) is 0. The average Bonchev–Trinajstić information content (AvgIpc) is 2.50. The molecule has 108 valence electrons. The van der Waals surface area contributed by atoms with E-state index in [4.69, 9.17) is 4.74 Å². The summed E-state index contributed by atoms with van der Waals surface area (Å²) in [4.78, 5) is 37.7. The Kier molecular flexibility index (Phi) is 4.81. The number of nitrogens with one attached hydrogen (secondary N) is 1. The predicted molar refractivity (Wildman–Crippen MR) is 74.8 cm³/mol. The van der Waals surface area contributed by atoms with Gasteiger partial charge >= 0.3 is 6.09 Å². The highest BCUT2D eigenvalue weighted by molar-refractivity contribution is 5.84. The topological polar surface area (TPSA) is 90.3 Å². The van der Waals surface area contributed by atoms with E-state index in [1.54, 1.807) is 0 Å². The van der Waals surface area contributed by atoms with E-state index in [9.17, 15) is 14.4 Å². The monoisotopic (exact) mass is 287 g/mol. The molecule has 7 heteroatoms. The molecule has 1 aromatic heterocycles. The second kappa shape index (κ2) is 6.99. The first-order valence-electron chi connectivity index (χ1n) is 6.16. The first-order chi connectivity index (χ1) is 10.2. The summed E-state index contributed by atoms with van der Waals surface area (Å²) >= 11 is 0. The van der Waals surface area contributed by atoms with Crippen LogP contribution in [-0.4, -0.2) is 21.9 Å². The molecule has 0 aliphatic heterocycles. The highest BCUT2D eigenvalue weighted by Crippen LogP contribution is 2.02. The van der Waals surface area contributed by atoms with Crippen molar-refractivity contribution in [3.63, 3.8) is 0 Å². The minimum atomic E-state index is -0.762. The number of anilines is 1. The number of hydrogen-bond donors (Lipinski definition) is 1. The van der Waals surface area contributed by atoms with Gasteiger partial charge in [0.05, 0.1) is 19.1 Å². The molecule has 2 aromatic rings. The normalized spacial score (nSPS) is 9.90. The lowest BCUT2D eigenvalue weighted by Gasteiger charge is -2.07. The SMILES string of the molecule is O=CCn1cncc(NC(=O)OCc2ccccc2)c1=O. The molecule has 0 aliphatic rings. The number of carbonyl (C=O) groups is 2. The van der Waals surface area contributed by atoms with Crippen LogP contribution < -0.4 is 10.9 Å². The van der Waals surface area contributed by atoms with Gasteiger partial charge in [0.2, 0.25) is 0 Å². The van der Waals surface area contributed by atoms with E-state index in [-0.39, 0.29) is 18.8 Å². The Morgan fingerprint density at radius 1 is 1.33 bits per heavy atom. The summed E-state index contributed by atoms with van der Waals surface area (Å²) in [6.45, 7) is -0.0319. The lowest BCUT2D eigenvalue weighted by molar-refractivity contribution is -0.108. The Morgan fingerprint density at radius 2 is 2.10 bits per heavy atom. The van der Waals surface area contributed by atoms with Gasteiger partial charge < -0.3 is 9.53 Å². The molecule has 0 unspecified atom stereocenters. The van der Waals surface area contributed by atoms with Crippen LogP contribution in [0.15, 0.2) is 47.7 Å². The molecule has 0 saturated heterocycles. The van der Waals surface area contributed by atoms with Gasteiger partial charge in [-0.2, -0.15) is 0 Å². The number of hydrogen-bond acceptors (Lipinski definition) is 5. The second-order valence-electron chi connectivity index (χ2n) is 4.12. The van der Waals surface area contributed by atoms with E-state index in [1.807, 2.05) is 30.3 Å². The fraction of sp³-hybridized carbons (Fsp3) is 0.143. The minimum Gasteiger partial charge on any atom is -0.444 e. The molecule has 0 atom stereocenters. The summed E-state index contributed by atoms with van der Waals surface area (Å²) in [6, 6.07) is 9.14. The predicted octanol–water partition coefficient (Wildman–Crippen LogP) is 1.19. The van der Waals surface area contributed by atoms with E-state index in [2.05, 4.69) is 10.3 Å². The summed E-state index contributed by atoms with van der Waals surface area (Å²) in [5.41, 5.74) is 0.267. The fourth-order valence-corrected chi connectivity index (χ4v) is 1.62. The van der Waals surface area contributed by atoms with Crippen LogP contribution in [0.25, 0.3) is 0 Å². The lowest BCUT2D eigenvalue weighted by atomic mass is 10.2. The Morgan fingerprint density at radius 3 is 2.81 bits per heavy atom. The van der Waals surface area contributed by atoms with Crippen molar-refractivity contribution in [3.8, 4) is 0 Å². The third kappa shape index (κ3) is 4.00. The molecule has 2 rings (SSSR count). The van der Waals surface area contributed by atoms with Gasteiger partial charge in [-0.25, -0.2) is 9.78 Å². The molecule has 0 saturated carbocycles. The van der Waals surface area contributed by atoms with Crippen molar-refractivity contribution in [2.24, 2.45) is 0 Å². The van der Waals surface area contributed by atoms with Crippen LogP contribution in [0.3, 0.4) is 0 Å². The van der Waals surface area contributed by atoms with Crippen LogP contribution in [0, 0.1) is 0 Å². The second-order valence-corrected chi connectivity index (χ2v) is 4.12. The fourth-order valence-electron chi connectivity index (χ4n) is 1.62. The molecule has 0 bridgehead atoms. The quantitative estimate of drug-likeness (QED) is 0.834. The third-order valence-electron chi connectivity index (χ3n) is 2.62. The zero-order valence-electron chi connectivity index (χ0n) is 11.1. The highest BCUT2D eigenvalue weighted by Gasteiger charge is 2.09. The zero-order valence-corrected chi connectivity index (χ0v) is 11.1. The molecule has 0 aliphatic carbocycles. The third-order valence-corrected chi connectivity index (χ3v) is 2.62. The van der Waals surface area contributed by atoms with Gasteiger partial charge in [-0.05, 0) is 5.56 Å². The molecule has 0 spiro atoms. The van der Waals surface area contributed by atoms with Crippen molar-refractivity contribution in [1.82, 2.24) is 9.55 Å². The van der Waals surface area contributed by atoms with Crippen molar-refractivity contribution >= 4 is 18.1 Å². The molecular weight excluding hydrogens is 274 g/mol. The van der Waals surface area contributed by atoms with Gasteiger partial charge in [-0.3, -0.25) is 14.7 Å². The standard InChI is InChI=1S/C14H13N3O4/c18-7-6-17-10-15-8-12(13(17)19)16-14(20)21-9-11-4-2-1-3-5-11/h1-5,7-8,10H,6,9H2,(H,16,20). The number of amides is 1. The van der Waals surface area contributed by atoms with Crippen molar-refractivity contribution in [2.45, 2.75) is 13.2 Å². The van der Waals surface area contributed by atoms with Crippen molar-refractivity contribution < 1.29 is 14.3 Å². The molecule has 21 heavy (non-hydrogen) atoms. The number of benzene rings is 1. The van der Waals surface area contributed by atoms with Gasteiger partial charge in [0.1, 0.15) is 18.6 Å². The van der Waals surface area contributed by atoms with Crippen LogP contribution in [0.5, 0.6) is 0 Å². The maximum absolute atomic E-state index is 11.9. The summed E-state index contributed by atoms with van der Waals surface area (Å²) in [7, 11) is 0. The van der Waals surface area contributed by atoms with E-state index < -0.39 is 11.7 Å². The van der Waals surface area contributed by atoms with Gasteiger partial charge in [-0.1, -0.05) is 30.3 Å². The maximum Gasteiger partial charge on any atom is 0.412 e. The van der Waals surface area contributed by atoms with E-state index >= 15 is 0 Å². The summed E-state index contributed by atoms with van der Waals surface area (Å²) < 4.78 is 6.07. The molecule has 0 radical (unpaired) electrons. The van der Waals surface area contributed by atoms with Crippen molar-refractivity contribution in [2.75, 3.05) is 5.32 Å². The number of aldehydes is 1. The van der Waals surface area contributed by atoms with Crippen LogP contribution in [0.1, 0.15) is 5.56 Å². The number of carbonyl (C=O) groups excluding carboxylic acids is 2. The van der Waals surface area contributed by atoms with E-state index in [1.165, 1.54) is 12.5 Å². The van der Waals surface area contributed by atoms with E-state index in [0.29, 0.717) is 6.29 Å². The first-order valence-corrected chi connectivity index (χ1v) is 6.16. The molecule has 1 N–H and O–H groups in total. The van der Waals surface area contributed by atoms with Crippen LogP contribution in [0.4, 0.5) is 10.5 Å².